The van der Waals surface area contributed by atoms with Crippen LogP contribution in [0.15, 0.2) is 48.5 Å². The quantitative estimate of drug-likeness (QED) is 0.596. The second-order valence-corrected chi connectivity index (χ2v) is 8.87. The summed E-state index contributed by atoms with van der Waals surface area (Å²) in [5.74, 6) is -0.764. The van der Waals surface area contributed by atoms with Gasteiger partial charge in [0, 0.05) is 27.1 Å². The lowest BCUT2D eigenvalue weighted by atomic mass is 9.95. The number of halogens is 1. The molecule has 2 N–H and O–H groups in total. The number of hydrogen-bond donors (Lipinski definition) is 2. The summed E-state index contributed by atoms with van der Waals surface area (Å²) in [5, 5.41) is 6.07. The zero-order valence-electron chi connectivity index (χ0n) is 16.7. The minimum absolute atomic E-state index is 0.130. The van der Waals surface area contributed by atoms with E-state index in [1.807, 2.05) is 27.7 Å². The largest absolute Gasteiger partial charge is 0.326 e. The highest BCUT2D eigenvalue weighted by Crippen LogP contribution is 2.30. The molecule has 0 saturated heterocycles. The average molecular weight is 412 g/mol. The topological polar surface area (TPSA) is 71.1 Å². The first-order chi connectivity index (χ1) is 13.6. The second-order valence-electron chi connectivity index (χ2n) is 7.67. The second kappa shape index (κ2) is 8.13. The Hall–Kier alpha value is -3.06. The maximum atomic E-state index is 13.1. The number of nitrogens with one attached hydrogen (secondary N) is 2. The van der Waals surface area contributed by atoms with Crippen LogP contribution in [0.4, 0.5) is 15.2 Å². The fourth-order valence-electron chi connectivity index (χ4n) is 2.55. The van der Waals surface area contributed by atoms with Crippen molar-refractivity contribution in [1.29, 1.82) is 0 Å². The smallest absolute Gasteiger partial charge is 0.257 e. The van der Waals surface area contributed by atoms with Crippen molar-refractivity contribution in [2.45, 2.75) is 27.7 Å². The molecule has 2 amide bonds. The molecular weight excluding hydrogens is 389 g/mol. The first-order valence-electron chi connectivity index (χ1n) is 9.10. The number of aryl methyl sites for hydroxylation is 1. The molecule has 0 radical (unpaired) electrons. The summed E-state index contributed by atoms with van der Waals surface area (Å²) < 4.78 is 13.1. The predicted octanol–water partition coefficient (Wildman–Crippen LogP) is 5.49. The van der Waals surface area contributed by atoms with E-state index in [0.29, 0.717) is 22.1 Å². The van der Waals surface area contributed by atoms with E-state index in [0.717, 1.165) is 10.4 Å². The van der Waals surface area contributed by atoms with E-state index in [1.165, 1.54) is 23.5 Å². The van der Waals surface area contributed by atoms with E-state index in [-0.39, 0.29) is 17.6 Å². The van der Waals surface area contributed by atoms with Crippen LogP contribution >= 0.6 is 11.3 Å². The fourth-order valence-corrected chi connectivity index (χ4v) is 3.38. The number of thiazole rings is 1. The molecule has 29 heavy (non-hydrogen) atoms. The summed E-state index contributed by atoms with van der Waals surface area (Å²) in [6, 6.07) is 12.8. The van der Waals surface area contributed by atoms with Crippen molar-refractivity contribution in [3.63, 3.8) is 0 Å². The summed E-state index contributed by atoms with van der Waals surface area (Å²) in [6.07, 6.45) is 0. The number of rotatable bonds is 4. The zero-order valence-corrected chi connectivity index (χ0v) is 17.5. The molecule has 0 atom stereocenters. The van der Waals surface area contributed by atoms with Crippen molar-refractivity contribution in [3.8, 4) is 11.3 Å². The minimum atomic E-state index is -0.534. The van der Waals surface area contributed by atoms with Crippen LogP contribution < -0.4 is 10.6 Å². The molecule has 0 spiro atoms. The molecular formula is C22H22FN3O2S. The van der Waals surface area contributed by atoms with Gasteiger partial charge in [-0.25, -0.2) is 9.37 Å². The van der Waals surface area contributed by atoms with E-state index < -0.39 is 5.41 Å². The third-order valence-corrected chi connectivity index (χ3v) is 5.08. The monoisotopic (exact) mass is 411 g/mol. The summed E-state index contributed by atoms with van der Waals surface area (Å²) >= 11 is 1.35. The molecule has 0 aliphatic rings. The first kappa shape index (κ1) is 20.7. The number of nitrogens with zero attached hydrogens (tertiary/aromatic N) is 1. The van der Waals surface area contributed by atoms with Crippen LogP contribution in [0, 0.1) is 18.2 Å². The fraction of sp³-hybridized carbons (Fsp3) is 0.227. The van der Waals surface area contributed by atoms with Crippen LogP contribution in [-0.4, -0.2) is 16.8 Å². The van der Waals surface area contributed by atoms with E-state index in [2.05, 4.69) is 15.6 Å². The van der Waals surface area contributed by atoms with Gasteiger partial charge in [0.25, 0.3) is 5.91 Å². The molecule has 3 aromatic rings. The standard InChI is InChI=1S/C22H22FN3O2S/c1-13-18(14-8-10-16(23)11-9-14)25-21(29-13)26-19(27)15-6-5-7-17(12-15)24-20(28)22(2,3)4/h5-12H,1-4H3,(H,24,28)(H,25,26,27). The van der Waals surface area contributed by atoms with E-state index >= 15 is 0 Å². The van der Waals surface area contributed by atoms with Crippen molar-refractivity contribution in [3.05, 3.63) is 64.8 Å². The van der Waals surface area contributed by atoms with Crippen molar-refractivity contribution in [1.82, 2.24) is 4.98 Å². The number of anilines is 2. The van der Waals surface area contributed by atoms with E-state index in [4.69, 9.17) is 0 Å². The van der Waals surface area contributed by atoms with Gasteiger partial charge in [0.05, 0.1) is 5.69 Å². The van der Waals surface area contributed by atoms with Gasteiger partial charge in [-0.3, -0.25) is 14.9 Å². The third kappa shape index (κ3) is 5.06. The highest BCUT2D eigenvalue weighted by molar-refractivity contribution is 7.16. The maximum Gasteiger partial charge on any atom is 0.257 e. The third-order valence-electron chi connectivity index (χ3n) is 4.20. The van der Waals surface area contributed by atoms with E-state index in [1.54, 1.807) is 36.4 Å². The van der Waals surface area contributed by atoms with Gasteiger partial charge in [0.1, 0.15) is 5.82 Å². The molecule has 0 aliphatic carbocycles. The molecule has 0 unspecified atom stereocenters. The molecule has 7 heteroatoms. The normalized spacial score (nSPS) is 11.2. The molecule has 3 rings (SSSR count). The lowest BCUT2D eigenvalue weighted by Gasteiger charge is -2.17. The van der Waals surface area contributed by atoms with Crippen molar-refractivity contribution in [2.24, 2.45) is 5.41 Å². The zero-order chi connectivity index (χ0) is 21.2. The molecule has 5 nitrogen and oxygen atoms in total. The van der Waals surface area contributed by atoms with Gasteiger partial charge >= 0.3 is 0 Å². The van der Waals surface area contributed by atoms with Crippen LogP contribution in [0.2, 0.25) is 0 Å². The Kier molecular flexibility index (Phi) is 5.79. The number of carbonyl (C=O) groups excluding carboxylic acids is 2. The molecule has 0 fully saturated rings. The number of aromatic nitrogens is 1. The Bertz CT molecular complexity index is 1050. The Labute approximate surface area is 173 Å². The van der Waals surface area contributed by atoms with Gasteiger partial charge in [-0.15, -0.1) is 11.3 Å². The molecule has 0 saturated carbocycles. The van der Waals surface area contributed by atoms with Gasteiger partial charge in [-0.1, -0.05) is 26.8 Å². The Morgan fingerprint density at radius 3 is 2.38 bits per heavy atom. The van der Waals surface area contributed by atoms with Crippen LogP contribution in [0.25, 0.3) is 11.3 Å². The summed E-state index contributed by atoms with van der Waals surface area (Å²) in [5.41, 5.74) is 1.92. The first-order valence-corrected chi connectivity index (χ1v) is 9.91. The number of carbonyl (C=O) groups is 2. The molecule has 2 aromatic carbocycles. The minimum Gasteiger partial charge on any atom is -0.326 e. The number of benzene rings is 2. The number of amides is 2. The molecule has 1 heterocycles. The molecule has 0 bridgehead atoms. The van der Waals surface area contributed by atoms with Crippen molar-refractivity contribution < 1.29 is 14.0 Å². The molecule has 150 valence electrons. The Balaban J connectivity index is 1.76. The average Bonchev–Trinajstić information content (AvgIpc) is 3.02. The summed E-state index contributed by atoms with van der Waals surface area (Å²) in [4.78, 5) is 30.2. The highest BCUT2D eigenvalue weighted by atomic mass is 32.1. The lowest BCUT2D eigenvalue weighted by molar-refractivity contribution is -0.123. The molecule has 0 aliphatic heterocycles. The highest BCUT2D eigenvalue weighted by Gasteiger charge is 2.21. The predicted molar refractivity (Wildman–Crippen MR) is 115 cm³/mol. The van der Waals surface area contributed by atoms with Gasteiger partial charge in [0.2, 0.25) is 5.91 Å². The van der Waals surface area contributed by atoms with Crippen LogP contribution in [0.5, 0.6) is 0 Å². The van der Waals surface area contributed by atoms with Crippen molar-refractivity contribution in [2.75, 3.05) is 10.6 Å². The van der Waals surface area contributed by atoms with Gasteiger partial charge in [-0.05, 0) is 49.4 Å². The molecule has 1 aromatic heterocycles. The summed E-state index contributed by atoms with van der Waals surface area (Å²) in [6.45, 7) is 7.36. The Morgan fingerprint density at radius 1 is 1.03 bits per heavy atom. The lowest BCUT2D eigenvalue weighted by Crippen LogP contribution is -2.27. The summed E-state index contributed by atoms with van der Waals surface area (Å²) in [7, 11) is 0. The Morgan fingerprint density at radius 2 is 1.72 bits per heavy atom. The van der Waals surface area contributed by atoms with Gasteiger partial charge < -0.3 is 5.32 Å². The van der Waals surface area contributed by atoms with Crippen LogP contribution in [0.1, 0.15) is 36.0 Å². The van der Waals surface area contributed by atoms with Crippen LogP contribution in [-0.2, 0) is 4.79 Å². The maximum absolute atomic E-state index is 13.1. The van der Waals surface area contributed by atoms with Gasteiger partial charge in [-0.2, -0.15) is 0 Å². The van der Waals surface area contributed by atoms with Gasteiger partial charge in [0.15, 0.2) is 5.13 Å². The van der Waals surface area contributed by atoms with E-state index in [9.17, 15) is 14.0 Å². The number of hydrogen-bond acceptors (Lipinski definition) is 4. The van der Waals surface area contributed by atoms with Crippen LogP contribution in [0.3, 0.4) is 0 Å². The SMILES string of the molecule is Cc1sc(NC(=O)c2cccc(NC(=O)C(C)(C)C)c2)nc1-c1ccc(F)cc1. The van der Waals surface area contributed by atoms with Crippen molar-refractivity contribution >= 4 is 34.0 Å².